The second-order valence-electron chi connectivity index (χ2n) is 4.46. The first-order chi connectivity index (χ1) is 10.1. The van der Waals surface area contributed by atoms with Crippen LogP contribution in [0.3, 0.4) is 0 Å². The lowest BCUT2D eigenvalue weighted by Crippen LogP contribution is -2.13. The van der Waals surface area contributed by atoms with E-state index in [2.05, 4.69) is 27.6 Å². The number of carbonyl (C=O) groups excluding carboxylic acids is 1. The van der Waals surface area contributed by atoms with E-state index in [1.165, 1.54) is 0 Å². The largest absolute Gasteiger partial charge is 0.438 e. The first-order valence-electron chi connectivity index (χ1n) is 6.26. The minimum Gasteiger partial charge on any atom is -0.438 e. The number of hydrogen-bond acceptors (Lipinski definition) is 3. The third-order valence-electron chi connectivity index (χ3n) is 2.97. The Balaban J connectivity index is 2.11. The molecule has 4 nitrogen and oxygen atoms in total. The van der Waals surface area contributed by atoms with Gasteiger partial charge >= 0.3 is 0 Å². The molecule has 2 aromatic carbocycles. The molecule has 0 aliphatic rings. The number of pyridine rings is 1. The maximum absolute atomic E-state index is 11.6. The molecule has 0 bridgehead atoms. The maximum Gasteiger partial charge on any atom is 0.254 e. The standard InChI is InChI=1S/C16H11IN2O2/c17-11-5-3-6-12(9-11)21-16-13(15(18)20)8-10-4-1-2-7-14(10)19-16/h1-9H,(H2,18,20). The monoisotopic (exact) mass is 390 g/mol. The molecule has 0 radical (unpaired) electrons. The zero-order valence-corrected chi connectivity index (χ0v) is 13.1. The number of hydrogen-bond donors (Lipinski definition) is 1. The van der Waals surface area contributed by atoms with Gasteiger partial charge in [0.2, 0.25) is 5.88 Å². The van der Waals surface area contributed by atoms with Gasteiger partial charge in [0.15, 0.2) is 0 Å². The summed E-state index contributed by atoms with van der Waals surface area (Å²) in [6.07, 6.45) is 0. The van der Waals surface area contributed by atoms with Crippen LogP contribution >= 0.6 is 22.6 Å². The van der Waals surface area contributed by atoms with Crippen molar-refractivity contribution in [2.75, 3.05) is 0 Å². The highest BCUT2D eigenvalue weighted by Gasteiger charge is 2.14. The van der Waals surface area contributed by atoms with Crippen molar-refractivity contribution >= 4 is 39.4 Å². The van der Waals surface area contributed by atoms with Crippen molar-refractivity contribution in [2.45, 2.75) is 0 Å². The molecule has 104 valence electrons. The third-order valence-corrected chi connectivity index (χ3v) is 3.64. The number of amides is 1. The van der Waals surface area contributed by atoms with Gasteiger partial charge in [0.1, 0.15) is 11.3 Å². The Hall–Kier alpha value is -2.15. The van der Waals surface area contributed by atoms with E-state index in [0.29, 0.717) is 5.75 Å². The molecule has 21 heavy (non-hydrogen) atoms. The van der Waals surface area contributed by atoms with Crippen LogP contribution in [0.15, 0.2) is 54.6 Å². The predicted octanol–water partition coefficient (Wildman–Crippen LogP) is 3.73. The van der Waals surface area contributed by atoms with Gasteiger partial charge in [0.25, 0.3) is 5.91 Å². The second-order valence-corrected chi connectivity index (χ2v) is 5.70. The molecule has 0 spiro atoms. The molecule has 0 atom stereocenters. The summed E-state index contributed by atoms with van der Waals surface area (Å²) in [6, 6.07) is 16.7. The van der Waals surface area contributed by atoms with Crippen LogP contribution in [-0.4, -0.2) is 10.9 Å². The maximum atomic E-state index is 11.6. The molecule has 0 aliphatic heterocycles. The molecule has 2 N–H and O–H groups in total. The number of primary amides is 1. The minimum absolute atomic E-state index is 0.225. The highest BCUT2D eigenvalue weighted by molar-refractivity contribution is 14.1. The Morgan fingerprint density at radius 2 is 1.90 bits per heavy atom. The van der Waals surface area contributed by atoms with Crippen LogP contribution in [0.5, 0.6) is 11.6 Å². The number of para-hydroxylation sites is 1. The van der Waals surface area contributed by atoms with Gasteiger partial charge in [-0.25, -0.2) is 4.98 Å². The van der Waals surface area contributed by atoms with Gasteiger partial charge in [-0.3, -0.25) is 4.79 Å². The normalized spacial score (nSPS) is 10.5. The molecule has 0 saturated heterocycles. The summed E-state index contributed by atoms with van der Waals surface area (Å²) in [6.45, 7) is 0. The molecular weight excluding hydrogens is 379 g/mol. The Labute approximate surface area is 135 Å². The number of ether oxygens (including phenoxy) is 1. The number of nitrogens with zero attached hydrogens (tertiary/aromatic N) is 1. The fourth-order valence-corrected chi connectivity index (χ4v) is 2.51. The summed E-state index contributed by atoms with van der Waals surface area (Å²) in [5, 5.41) is 0.848. The number of halogens is 1. The topological polar surface area (TPSA) is 65.2 Å². The third kappa shape index (κ3) is 2.97. The van der Waals surface area contributed by atoms with Gasteiger partial charge in [-0.2, -0.15) is 0 Å². The predicted molar refractivity (Wildman–Crippen MR) is 89.5 cm³/mol. The smallest absolute Gasteiger partial charge is 0.254 e. The lowest BCUT2D eigenvalue weighted by Gasteiger charge is -2.10. The summed E-state index contributed by atoms with van der Waals surface area (Å²) >= 11 is 2.19. The fourth-order valence-electron chi connectivity index (χ4n) is 1.99. The van der Waals surface area contributed by atoms with Gasteiger partial charge in [0.05, 0.1) is 5.52 Å². The average Bonchev–Trinajstić information content (AvgIpc) is 2.46. The van der Waals surface area contributed by atoms with Crippen molar-refractivity contribution in [1.82, 2.24) is 4.98 Å². The molecule has 0 unspecified atom stereocenters. The molecule has 3 aromatic rings. The number of aromatic nitrogens is 1. The Morgan fingerprint density at radius 1 is 1.10 bits per heavy atom. The first-order valence-corrected chi connectivity index (χ1v) is 7.34. The van der Waals surface area contributed by atoms with Crippen molar-refractivity contribution in [3.8, 4) is 11.6 Å². The summed E-state index contributed by atoms with van der Waals surface area (Å²) in [5.74, 6) is 0.282. The van der Waals surface area contributed by atoms with E-state index >= 15 is 0 Å². The van der Waals surface area contributed by atoms with Gasteiger partial charge < -0.3 is 10.5 Å². The zero-order chi connectivity index (χ0) is 14.8. The van der Waals surface area contributed by atoms with Crippen LogP contribution < -0.4 is 10.5 Å². The second kappa shape index (κ2) is 5.69. The highest BCUT2D eigenvalue weighted by Crippen LogP contribution is 2.27. The van der Waals surface area contributed by atoms with E-state index in [1.807, 2.05) is 48.5 Å². The first kappa shape index (κ1) is 13.8. The molecule has 0 fully saturated rings. The molecule has 1 aromatic heterocycles. The number of rotatable bonds is 3. The summed E-state index contributed by atoms with van der Waals surface area (Å²) < 4.78 is 6.78. The average molecular weight is 390 g/mol. The Bertz CT molecular complexity index is 833. The van der Waals surface area contributed by atoms with Crippen molar-refractivity contribution in [1.29, 1.82) is 0 Å². The summed E-state index contributed by atoms with van der Waals surface area (Å²) in [5.41, 5.74) is 6.45. The van der Waals surface area contributed by atoms with E-state index in [0.717, 1.165) is 14.5 Å². The SMILES string of the molecule is NC(=O)c1cc2ccccc2nc1Oc1cccc(I)c1. The molecule has 0 saturated carbocycles. The number of carbonyl (C=O) groups is 1. The molecule has 3 rings (SSSR count). The van der Waals surface area contributed by atoms with Crippen LogP contribution in [0.25, 0.3) is 10.9 Å². The number of nitrogens with two attached hydrogens (primary N) is 1. The van der Waals surface area contributed by atoms with E-state index in [4.69, 9.17) is 10.5 Å². The van der Waals surface area contributed by atoms with Crippen LogP contribution in [0.4, 0.5) is 0 Å². The molecular formula is C16H11IN2O2. The summed E-state index contributed by atoms with van der Waals surface area (Å²) in [4.78, 5) is 16.0. The van der Waals surface area contributed by atoms with Crippen LogP contribution in [-0.2, 0) is 0 Å². The Kier molecular flexibility index (Phi) is 3.74. The highest BCUT2D eigenvalue weighted by atomic mass is 127. The van der Waals surface area contributed by atoms with Crippen LogP contribution in [0.1, 0.15) is 10.4 Å². The van der Waals surface area contributed by atoms with E-state index in [1.54, 1.807) is 6.07 Å². The van der Waals surface area contributed by atoms with E-state index in [9.17, 15) is 4.79 Å². The van der Waals surface area contributed by atoms with Gasteiger partial charge in [-0.1, -0.05) is 24.3 Å². The molecule has 0 aliphatic carbocycles. The van der Waals surface area contributed by atoms with Gasteiger partial charge in [0, 0.05) is 8.96 Å². The van der Waals surface area contributed by atoms with Crippen molar-refractivity contribution < 1.29 is 9.53 Å². The molecule has 1 amide bonds. The van der Waals surface area contributed by atoms with Crippen LogP contribution in [0.2, 0.25) is 0 Å². The molecule has 5 heteroatoms. The molecule has 1 heterocycles. The number of benzene rings is 2. The van der Waals surface area contributed by atoms with Crippen molar-refractivity contribution in [3.63, 3.8) is 0 Å². The summed E-state index contributed by atoms with van der Waals surface area (Å²) in [7, 11) is 0. The minimum atomic E-state index is -0.561. The van der Waals surface area contributed by atoms with Gasteiger partial charge in [-0.15, -0.1) is 0 Å². The van der Waals surface area contributed by atoms with E-state index < -0.39 is 5.91 Å². The van der Waals surface area contributed by atoms with Gasteiger partial charge in [-0.05, 0) is 52.9 Å². The van der Waals surface area contributed by atoms with Crippen LogP contribution in [0, 0.1) is 3.57 Å². The number of fused-ring (bicyclic) bond motifs is 1. The lowest BCUT2D eigenvalue weighted by atomic mass is 10.1. The zero-order valence-electron chi connectivity index (χ0n) is 10.9. The Morgan fingerprint density at radius 3 is 2.67 bits per heavy atom. The van der Waals surface area contributed by atoms with E-state index in [-0.39, 0.29) is 11.4 Å². The fraction of sp³-hybridized carbons (Fsp3) is 0. The quantitative estimate of drug-likeness (QED) is 0.694. The van der Waals surface area contributed by atoms with Crippen molar-refractivity contribution in [3.05, 3.63) is 63.7 Å². The van der Waals surface area contributed by atoms with Crippen molar-refractivity contribution in [2.24, 2.45) is 5.73 Å². The lowest BCUT2D eigenvalue weighted by molar-refractivity contribution is 0.0997.